The molecule has 6 heteroatoms. The van der Waals surface area contributed by atoms with Crippen molar-refractivity contribution in [3.63, 3.8) is 0 Å². The Kier molecular flexibility index (Phi) is 8.53. The van der Waals surface area contributed by atoms with Crippen LogP contribution in [-0.4, -0.2) is 19.7 Å². The molecule has 0 amide bonds. The van der Waals surface area contributed by atoms with Gasteiger partial charge in [0.05, 0.1) is 17.3 Å². The zero-order chi connectivity index (χ0) is 11.4. The van der Waals surface area contributed by atoms with Crippen LogP contribution in [0.2, 0.25) is 5.02 Å². The van der Waals surface area contributed by atoms with E-state index in [1.807, 2.05) is 6.07 Å². The van der Waals surface area contributed by atoms with Crippen molar-refractivity contribution in [2.75, 3.05) is 25.4 Å². The molecule has 18 heavy (non-hydrogen) atoms. The molecular weight excluding hydrogens is 295 g/mol. The maximum atomic E-state index is 5.92. The first-order valence-corrected chi connectivity index (χ1v) is 6.02. The van der Waals surface area contributed by atoms with E-state index < -0.39 is 0 Å². The maximum Gasteiger partial charge on any atom is 0.120 e. The monoisotopic (exact) mass is 312 g/mol. The number of nitrogens with two attached hydrogens (primary N) is 1. The normalized spacial score (nSPS) is 18.4. The van der Waals surface area contributed by atoms with Crippen molar-refractivity contribution in [2.45, 2.75) is 12.8 Å². The van der Waals surface area contributed by atoms with Crippen molar-refractivity contribution in [2.24, 2.45) is 5.92 Å². The highest BCUT2D eigenvalue weighted by Crippen LogP contribution is 2.24. The number of nitrogen functional groups attached to an aromatic ring is 1. The predicted octanol–water partition coefficient (Wildman–Crippen LogP) is 3.14. The molecule has 0 saturated carbocycles. The fourth-order valence-corrected chi connectivity index (χ4v) is 2.05. The minimum absolute atomic E-state index is 0. The highest BCUT2D eigenvalue weighted by Gasteiger charge is 2.13. The molecule has 1 heterocycles. The van der Waals surface area contributed by atoms with E-state index in [-0.39, 0.29) is 24.8 Å². The van der Waals surface area contributed by atoms with Gasteiger partial charge in [0.2, 0.25) is 0 Å². The smallest absolute Gasteiger partial charge is 0.120 e. The van der Waals surface area contributed by atoms with Crippen LogP contribution in [0.3, 0.4) is 0 Å². The van der Waals surface area contributed by atoms with Gasteiger partial charge in [-0.15, -0.1) is 24.8 Å². The van der Waals surface area contributed by atoms with Crippen molar-refractivity contribution >= 4 is 42.1 Å². The van der Waals surface area contributed by atoms with Gasteiger partial charge in [-0.3, -0.25) is 0 Å². The third-order valence-electron chi connectivity index (χ3n) is 2.86. The number of nitrogens with one attached hydrogen (secondary N) is 1. The second-order valence-corrected chi connectivity index (χ2v) is 4.61. The molecule has 3 N–H and O–H groups in total. The SMILES string of the molecule is Cl.Cl.Nc1ccc(OCC2CCCNC2)cc1Cl. The summed E-state index contributed by atoms with van der Waals surface area (Å²) in [7, 11) is 0. The van der Waals surface area contributed by atoms with Gasteiger partial charge in [0.25, 0.3) is 0 Å². The van der Waals surface area contributed by atoms with Crippen LogP contribution in [-0.2, 0) is 0 Å². The van der Waals surface area contributed by atoms with Gasteiger partial charge < -0.3 is 15.8 Å². The minimum Gasteiger partial charge on any atom is -0.493 e. The molecule has 0 aromatic heterocycles. The van der Waals surface area contributed by atoms with Gasteiger partial charge in [-0.05, 0) is 31.5 Å². The summed E-state index contributed by atoms with van der Waals surface area (Å²) in [5.74, 6) is 1.40. The van der Waals surface area contributed by atoms with E-state index in [9.17, 15) is 0 Å². The molecule has 1 aliphatic heterocycles. The molecule has 1 fully saturated rings. The van der Waals surface area contributed by atoms with E-state index in [0.717, 1.165) is 25.4 Å². The van der Waals surface area contributed by atoms with Gasteiger partial charge in [0.15, 0.2) is 0 Å². The Morgan fingerprint density at radius 1 is 1.39 bits per heavy atom. The first-order chi connectivity index (χ1) is 7.75. The van der Waals surface area contributed by atoms with Gasteiger partial charge in [-0.2, -0.15) is 0 Å². The lowest BCUT2D eigenvalue weighted by Crippen LogP contribution is -2.33. The highest BCUT2D eigenvalue weighted by atomic mass is 35.5. The Morgan fingerprint density at radius 3 is 2.78 bits per heavy atom. The van der Waals surface area contributed by atoms with Crippen molar-refractivity contribution < 1.29 is 4.74 Å². The zero-order valence-electron chi connectivity index (χ0n) is 10.0. The standard InChI is InChI=1S/C12H17ClN2O.2ClH/c13-11-6-10(3-4-12(11)14)16-8-9-2-1-5-15-7-9;;/h3-4,6,9,15H,1-2,5,7-8,14H2;2*1H. The number of hydrogen-bond donors (Lipinski definition) is 2. The first kappa shape index (κ1) is 17.6. The van der Waals surface area contributed by atoms with E-state index in [1.54, 1.807) is 12.1 Å². The number of hydrogen-bond acceptors (Lipinski definition) is 3. The summed E-state index contributed by atoms with van der Waals surface area (Å²) >= 11 is 5.92. The molecule has 104 valence electrons. The molecule has 0 aliphatic carbocycles. The Hall–Kier alpha value is -0.350. The molecule has 0 radical (unpaired) electrons. The number of anilines is 1. The molecule has 1 aromatic carbocycles. The quantitative estimate of drug-likeness (QED) is 0.843. The van der Waals surface area contributed by atoms with Crippen LogP contribution in [0.5, 0.6) is 5.75 Å². The van der Waals surface area contributed by atoms with E-state index in [4.69, 9.17) is 22.1 Å². The number of ether oxygens (including phenoxy) is 1. The summed E-state index contributed by atoms with van der Waals surface area (Å²) in [6.07, 6.45) is 2.46. The van der Waals surface area contributed by atoms with Crippen LogP contribution >= 0.6 is 36.4 Å². The lowest BCUT2D eigenvalue weighted by Gasteiger charge is -2.22. The summed E-state index contributed by atoms with van der Waals surface area (Å²) < 4.78 is 5.70. The summed E-state index contributed by atoms with van der Waals surface area (Å²) in [6.45, 7) is 2.92. The molecule has 1 aliphatic rings. The summed E-state index contributed by atoms with van der Waals surface area (Å²) in [6, 6.07) is 5.40. The van der Waals surface area contributed by atoms with Gasteiger partial charge in [-0.1, -0.05) is 11.6 Å². The first-order valence-electron chi connectivity index (χ1n) is 5.64. The lowest BCUT2D eigenvalue weighted by molar-refractivity contribution is 0.218. The Morgan fingerprint density at radius 2 is 2.17 bits per heavy atom. The number of halogens is 3. The number of piperidine rings is 1. The van der Waals surface area contributed by atoms with Crippen LogP contribution in [0.4, 0.5) is 5.69 Å². The summed E-state index contributed by atoms with van der Waals surface area (Å²) in [4.78, 5) is 0. The van der Waals surface area contributed by atoms with E-state index in [0.29, 0.717) is 16.6 Å². The average Bonchev–Trinajstić information content (AvgIpc) is 2.32. The summed E-state index contributed by atoms with van der Waals surface area (Å²) in [5.41, 5.74) is 6.22. The van der Waals surface area contributed by atoms with Gasteiger partial charge >= 0.3 is 0 Å². The van der Waals surface area contributed by atoms with Crippen molar-refractivity contribution in [3.8, 4) is 5.75 Å². The van der Waals surface area contributed by atoms with E-state index in [1.165, 1.54) is 12.8 Å². The largest absolute Gasteiger partial charge is 0.493 e. The molecule has 0 spiro atoms. The van der Waals surface area contributed by atoms with Crippen molar-refractivity contribution in [1.82, 2.24) is 5.32 Å². The van der Waals surface area contributed by atoms with Crippen LogP contribution in [0, 0.1) is 5.92 Å². The highest BCUT2D eigenvalue weighted by molar-refractivity contribution is 6.33. The molecule has 1 saturated heterocycles. The Balaban J connectivity index is 0.00000144. The van der Waals surface area contributed by atoms with E-state index in [2.05, 4.69) is 5.32 Å². The van der Waals surface area contributed by atoms with Crippen molar-refractivity contribution in [3.05, 3.63) is 23.2 Å². The lowest BCUT2D eigenvalue weighted by atomic mass is 10.0. The van der Waals surface area contributed by atoms with Gasteiger partial charge in [-0.25, -0.2) is 0 Å². The molecule has 1 atom stereocenters. The van der Waals surface area contributed by atoms with E-state index >= 15 is 0 Å². The Bertz CT molecular complexity index is 357. The molecular formula is C12H19Cl3N2O. The average molecular weight is 314 g/mol. The van der Waals surface area contributed by atoms with Crippen LogP contribution < -0.4 is 15.8 Å². The molecule has 3 nitrogen and oxygen atoms in total. The van der Waals surface area contributed by atoms with Gasteiger partial charge in [0, 0.05) is 18.5 Å². The zero-order valence-corrected chi connectivity index (χ0v) is 12.4. The fraction of sp³-hybridized carbons (Fsp3) is 0.500. The van der Waals surface area contributed by atoms with Crippen molar-refractivity contribution in [1.29, 1.82) is 0 Å². The second kappa shape index (κ2) is 8.70. The number of benzene rings is 1. The topological polar surface area (TPSA) is 47.3 Å². The third kappa shape index (κ3) is 5.11. The fourth-order valence-electron chi connectivity index (χ4n) is 1.88. The summed E-state index contributed by atoms with van der Waals surface area (Å²) in [5, 5.41) is 3.92. The van der Waals surface area contributed by atoms with Crippen LogP contribution in [0.1, 0.15) is 12.8 Å². The van der Waals surface area contributed by atoms with Gasteiger partial charge in [0.1, 0.15) is 5.75 Å². The third-order valence-corrected chi connectivity index (χ3v) is 3.18. The minimum atomic E-state index is 0. The molecule has 2 rings (SSSR count). The molecule has 1 aromatic rings. The predicted molar refractivity (Wildman–Crippen MR) is 81.4 cm³/mol. The number of rotatable bonds is 3. The second-order valence-electron chi connectivity index (χ2n) is 4.21. The maximum absolute atomic E-state index is 5.92. The molecule has 1 unspecified atom stereocenters. The Labute approximate surface area is 125 Å². The molecule has 0 bridgehead atoms. The van der Waals surface area contributed by atoms with Crippen LogP contribution in [0.25, 0.3) is 0 Å². The van der Waals surface area contributed by atoms with Crippen LogP contribution in [0.15, 0.2) is 18.2 Å².